The summed E-state index contributed by atoms with van der Waals surface area (Å²) in [5.41, 5.74) is 9.80. The van der Waals surface area contributed by atoms with E-state index < -0.39 is 0 Å². The first-order chi connectivity index (χ1) is 9.16. The average molecular weight is 258 g/mol. The Morgan fingerprint density at radius 3 is 2.68 bits per heavy atom. The fraction of sp³-hybridized carbons (Fsp3) is 0.562. The lowest BCUT2D eigenvalue weighted by molar-refractivity contribution is -0.117. The summed E-state index contributed by atoms with van der Waals surface area (Å²) < 4.78 is 0. The zero-order chi connectivity index (χ0) is 13.5. The Kier molecular flexibility index (Phi) is 3.09. The van der Waals surface area contributed by atoms with Crippen LogP contribution in [0.2, 0.25) is 0 Å². The van der Waals surface area contributed by atoms with Crippen molar-refractivity contribution < 1.29 is 4.79 Å². The van der Waals surface area contributed by atoms with E-state index >= 15 is 0 Å². The van der Waals surface area contributed by atoms with Crippen LogP contribution >= 0.6 is 0 Å². The van der Waals surface area contributed by atoms with Crippen LogP contribution in [0.15, 0.2) is 18.2 Å². The highest BCUT2D eigenvalue weighted by atomic mass is 16.2. The summed E-state index contributed by atoms with van der Waals surface area (Å²) in [5.74, 6) is 0.192. The van der Waals surface area contributed by atoms with Crippen LogP contribution in [0.5, 0.6) is 0 Å². The monoisotopic (exact) mass is 258 g/mol. The van der Waals surface area contributed by atoms with Crippen molar-refractivity contribution in [3.8, 4) is 0 Å². The molecule has 102 valence electrons. The Morgan fingerprint density at radius 2 is 2.00 bits per heavy atom. The summed E-state index contributed by atoms with van der Waals surface area (Å²) in [5, 5.41) is 0. The van der Waals surface area contributed by atoms with E-state index in [1.165, 1.54) is 37.7 Å². The molecule has 3 heteroatoms. The number of benzene rings is 1. The number of fused-ring (bicyclic) bond motifs is 1. The van der Waals surface area contributed by atoms with Gasteiger partial charge in [-0.25, -0.2) is 0 Å². The van der Waals surface area contributed by atoms with Crippen LogP contribution < -0.4 is 10.6 Å². The highest BCUT2D eigenvalue weighted by molar-refractivity contribution is 6.01. The van der Waals surface area contributed by atoms with E-state index in [1.54, 1.807) is 4.90 Å². The van der Waals surface area contributed by atoms with Crippen LogP contribution in [0.3, 0.4) is 0 Å². The third-order valence-electron chi connectivity index (χ3n) is 4.98. The van der Waals surface area contributed by atoms with Gasteiger partial charge in [-0.05, 0) is 30.0 Å². The van der Waals surface area contributed by atoms with E-state index in [9.17, 15) is 4.79 Å². The summed E-state index contributed by atoms with van der Waals surface area (Å²) in [4.78, 5) is 13.6. The SMILES string of the molecule is CN1C(=O)Cc2ccc(C3(CN)CCCCC3)cc21. The number of rotatable bonds is 2. The molecule has 1 saturated carbocycles. The summed E-state index contributed by atoms with van der Waals surface area (Å²) in [6.07, 6.45) is 6.76. The van der Waals surface area contributed by atoms with Gasteiger partial charge in [0.25, 0.3) is 0 Å². The smallest absolute Gasteiger partial charge is 0.231 e. The number of carbonyl (C=O) groups excluding carboxylic acids is 1. The first-order valence-electron chi connectivity index (χ1n) is 7.26. The van der Waals surface area contributed by atoms with Crippen LogP contribution in [0.4, 0.5) is 5.69 Å². The second-order valence-electron chi connectivity index (χ2n) is 6.02. The van der Waals surface area contributed by atoms with Gasteiger partial charge in [-0.1, -0.05) is 31.4 Å². The van der Waals surface area contributed by atoms with Gasteiger partial charge in [0, 0.05) is 24.7 Å². The summed E-state index contributed by atoms with van der Waals surface area (Å²) in [6.45, 7) is 0.712. The quantitative estimate of drug-likeness (QED) is 0.885. The van der Waals surface area contributed by atoms with E-state index in [2.05, 4.69) is 18.2 Å². The molecule has 3 nitrogen and oxygen atoms in total. The molecule has 0 bridgehead atoms. The fourth-order valence-electron chi connectivity index (χ4n) is 3.61. The minimum absolute atomic E-state index is 0.139. The van der Waals surface area contributed by atoms with Gasteiger partial charge in [-0.2, -0.15) is 0 Å². The van der Waals surface area contributed by atoms with Crippen molar-refractivity contribution in [3.63, 3.8) is 0 Å². The second kappa shape index (κ2) is 4.64. The second-order valence-corrected chi connectivity index (χ2v) is 6.02. The zero-order valence-corrected chi connectivity index (χ0v) is 11.6. The van der Waals surface area contributed by atoms with E-state index in [0.29, 0.717) is 13.0 Å². The molecule has 1 heterocycles. The van der Waals surface area contributed by atoms with Gasteiger partial charge in [0.05, 0.1) is 6.42 Å². The van der Waals surface area contributed by atoms with Crippen LogP contribution in [0.25, 0.3) is 0 Å². The normalized spacial score (nSPS) is 21.6. The third kappa shape index (κ3) is 1.96. The number of amides is 1. The molecular formula is C16H22N2O. The predicted molar refractivity (Wildman–Crippen MR) is 77.4 cm³/mol. The lowest BCUT2D eigenvalue weighted by Gasteiger charge is -2.37. The number of likely N-dealkylation sites (N-methyl/N-ethyl adjacent to an activating group) is 1. The van der Waals surface area contributed by atoms with E-state index in [1.807, 2.05) is 7.05 Å². The molecule has 2 N–H and O–H groups in total. The predicted octanol–water partition coefficient (Wildman–Crippen LogP) is 2.37. The summed E-state index contributed by atoms with van der Waals surface area (Å²) in [7, 11) is 1.87. The number of hydrogen-bond donors (Lipinski definition) is 1. The van der Waals surface area contributed by atoms with Gasteiger partial charge in [-0.15, -0.1) is 0 Å². The highest BCUT2D eigenvalue weighted by Crippen LogP contribution is 2.41. The lowest BCUT2D eigenvalue weighted by Crippen LogP contribution is -2.37. The van der Waals surface area contributed by atoms with Gasteiger partial charge >= 0.3 is 0 Å². The standard InChI is InChI=1S/C16H22N2O/c1-18-14-10-13(6-5-12(14)9-15(18)19)16(11-17)7-3-2-4-8-16/h5-6,10H,2-4,7-9,11,17H2,1H3. The molecule has 1 aliphatic carbocycles. The molecule has 3 rings (SSSR count). The molecule has 0 unspecified atom stereocenters. The van der Waals surface area contributed by atoms with Gasteiger partial charge in [0.1, 0.15) is 0 Å². The molecule has 0 saturated heterocycles. The molecule has 1 aromatic rings. The molecule has 1 aliphatic heterocycles. The summed E-state index contributed by atoms with van der Waals surface area (Å²) >= 11 is 0. The van der Waals surface area contributed by atoms with Gasteiger partial charge in [0.2, 0.25) is 5.91 Å². The molecule has 2 aliphatic rings. The number of hydrogen-bond acceptors (Lipinski definition) is 2. The number of nitrogens with two attached hydrogens (primary N) is 1. The molecular weight excluding hydrogens is 236 g/mol. The van der Waals surface area contributed by atoms with Gasteiger partial charge in [0.15, 0.2) is 0 Å². The molecule has 0 radical (unpaired) electrons. The molecule has 0 atom stereocenters. The Bertz CT molecular complexity index is 503. The van der Waals surface area contributed by atoms with Crippen LogP contribution in [-0.2, 0) is 16.6 Å². The van der Waals surface area contributed by atoms with Crippen molar-refractivity contribution in [1.82, 2.24) is 0 Å². The number of carbonyl (C=O) groups is 1. The van der Waals surface area contributed by atoms with Crippen LogP contribution in [0, 0.1) is 0 Å². The molecule has 1 amide bonds. The van der Waals surface area contributed by atoms with Crippen molar-refractivity contribution >= 4 is 11.6 Å². The maximum Gasteiger partial charge on any atom is 0.231 e. The van der Waals surface area contributed by atoms with Crippen LogP contribution in [0.1, 0.15) is 43.2 Å². The van der Waals surface area contributed by atoms with E-state index in [0.717, 1.165) is 11.3 Å². The minimum atomic E-state index is 0.139. The largest absolute Gasteiger partial charge is 0.330 e. The zero-order valence-electron chi connectivity index (χ0n) is 11.6. The topological polar surface area (TPSA) is 46.3 Å². The van der Waals surface area contributed by atoms with Crippen molar-refractivity contribution in [2.45, 2.75) is 43.9 Å². The van der Waals surface area contributed by atoms with Crippen molar-refractivity contribution in [2.75, 3.05) is 18.5 Å². The first-order valence-corrected chi connectivity index (χ1v) is 7.26. The first kappa shape index (κ1) is 12.7. The Morgan fingerprint density at radius 1 is 1.26 bits per heavy atom. The molecule has 1 aromatic carbocycles. The van der Waals surface area contributed by atoms with Gasteiger partial charge in [-0.3, -0.25) is 4.79 Å². The minimum Gasteiger partial charge on any atom is -0.330 e. The van der Waals surface area contributed by atoms with Crippen molar-refractivity contribution in [1.29, 1.82) is 0 Å². The Labute approximate surface area is 114 Å². The number of anilines is 1. The maximum atomic E-state index is 11.8. The Hall–Kier alpha value is -1.35. The number of nitrogens with zero attached hydrogens (tertiary/aromatic N) is 1. The van der Waals surface area contributed by atoms with Gasteiger partial charge < -0.3 is 10.6 Å². The lowest BCUT2D eigenvalue weighted by atomic mass is 9.69. The molecule has 0 aromatic heterocycles. The van der Waals surface area contributed by atoms with E-state index in [-0.39, 0.29) is 11.3 Å². The molecule has 0 spiro atoms. The average Bonchev–Trinajstić information content (AvgIpc) is 2.74. The molecule has 19 heavy (non-hydrogen) atoms. The van der Waals surface area contributed by atoms with Crippen molar-refractivity contribution in [3.05, 3.63) is 29.3 Å². The fourth-order valence-corrected chi connectivity index (χ4v) is 3.61. The van der Waals surface area contributed by atoms with E-state index in [4.69, 9.17) is 5.73 Å². The highest BCUT2D eigenvalue weighted by Gasteiger charge is 2.34. The Balaban J connectivity index is 2.00. The van der Waals surface area contributed by atoms with Crippen LogP contribution in [-0.4, -0.2) is 19.5 Å². The maximum absolute atomic E-state index is 11.8. The van der Waals surface area contributed by atoms with Crippen molar-refractivity contribution in [2.24, 2.45) is 5.73 Å². The molecule has 1 fully saturated rings. The third-order valence-corrected chi connectivity index (χ3v) is 4.98. The summed E-state index contributed by atoms with van der Waals surface area (Å²) in [6, 6.07) is 6.53.